The molecule has 5 rings (SSSR count). The number of benzene rings is 2. The largest absolute Gasteiger partial charge is 0.497 e. The molecule has 1 saturated heterocycles. The number of hydrogen-bond donors (Lipinski definition) is 0. The highest BCUT2D eigenvalue weighted by atomic mass is 32.1. The van der Waals surface area contributed by atoms with Crippen molar-refractivity contribution in [3.8, 4) is 11.4 Å². The highest BCUT2D eigenvalue weighted by Gasteiger charge is 2.29. The molecular formula is C26H29N5O2S. The molecule has 1 amide bonds. The molecule has 1 atom stereocenters. The maximum absolute atomic E-state index is 13.2. The summed E-state index contributed by atoms with van der Waals surface area (Å²) in [6.07, 6.45) is 0.808. The van der Waals surface area contributed by atoms with E-state index >= 15 is 0 Å². The average Bonchev–Trinajstić information content (AvgIpc) is 3.46. The van der Waals surface area contributed by atoms with Gasteiger partial charge in [0, 0.05) is 26.2 Å². The predicted octanol–water partition coefficient (Wildman–Crippen LogP) is 4.64. The van der Waals surface area contributed by atoms with Crippen LogP contribution >= 0.6 is 11.3 Å². The zero-order chi connectivity index (χ0) is 23.7. The number of aryl methyl sites for hydroxylation is 1. The Balaban J connectivity index is 1.31. The van der Waals surface area contributed by atoms with Gasteiger partial charge in [0.2, 0.25) is 5.91 Å². The fourth-order valence-electron chi connectivity index (χ4n) is 4.54. The molecular weight excluding hydrogens is 446 g/mol. The summed E-state index contributed by atoms with van der Waals surface area (Å²) in [6.45, 7) is 7.09. The number of methoxy groups -OCH3 is 1. The van der Waals surface area contributed by atoms with Crippen LogP contribution < -0.4 is 9.64 Å². The molecule has 2 aromatic carbocycles. The molecule has 8 heteroatoms. The Bertz CT molecular complexity index is 1270. The highest BCUT2D eigenvalue weighted by Crippen LogP contribution is 2.33. The molecule has 176 valence electrons. The molecule has 34 heavy (non-hydrogen) atoms. The van der Waals surface area contributed by atoms with Gasteiger partial charge in [0.05, 0.1) is 29.1 Å². The zero-order valence-corrected chi connectivity index (χ0v) is 20.6. The standard InChI is InChI=1S/C26H29N5O2S/c1-4-22(19-8-6-5-7-9-19)25(32)29-14-16-30(17-15-29)26-27-24-23(34-26)18(2)28-31(24)20-10-12-21(33-3)13-11-20/h5-13,22H,4,14-17H2,1-3H3/t22-/m0/s1. The Hall–Kier alpha value is -3.39. The number of anilines is 1. The quantitative estimate of drug-likeness (QED) is 0.407. The summed E-state index contributed by atoms with van der Waals surface area (Å²) in [5, 5.41) is 5.69. The van der Waals surface area contributed by atoms with Crippen LogP contribution in [0.3, 0.4) is 0 Å². The van der Waals surface area contributed by atoms with E-state index in [2.05, 4.69) is 24.0 Å². The smallest absolute Gasteiger partial charge is 0.230 e. The van der Waals surface area contributed by atoms with Crippen molar-refractivity contribution in [3.05, 3.63) is 65.9 Å². The third-order valence-electron chi connectivity index (χ3n) is 6.46. The molecule has 0 N–H and O–H groups in total. The number of rotatable bonds is 6. The molecule has 0 spiro atoms. The number of nitrogens with zero attached hydrogens (tertiary/aromatic N) is 5. The van der Waals surface area contributed by atoms with Crippen molar-refractivity contribution in [2.45, 2.75) is 26.2 Å². The molecule has 1 fully saturated rings. The van der Waals surface area contributed by atoms with Gasteiger partial charge in [-0.1, -0.05) is 48.6 Å². The lowest BCUT2D eigenvalue weighted by Gasteiger charge is -2.36. The van der Waals surface area contributed by atoms with Crippen LogP contribution in [0.25, 0.3) is 16.0 Å². The van der Waals surface area contributed by atoms with Crippen molar-refractivity contribution in [1.82, 2.24) is 19.7 Å². The molecule has 0 bridgehead atoms. The predicted molar refractivity (Wildman–Crippen MR) is 136 cm³/mol. The lowest BCUT2D eigenvalue weighted by atomic mass is 9.95. The van der Waals surface area contributed by atoms with E-state index in [0.717, 1.165) is 57.7 Å². The minimum Gasteiger partial charge on any atom is -0.497 e. The number of hydrogen-bond acceptors (Lipinski definition) is 6. The Morgan fingerprint density at radius 2 is 1.76 bits per heavy atom. The number of amides is 1. The number of thiazole rings is 1. The SMILES string of the molecule is CC[C@H](C(=O)N1CCN(c2nc3c(s2)c(C)nn3-c2ccc(OC)cc2)CC1)c1ccccc1. The molecule has 4 aromatic rings. The Kier molecular flexibility index (Phi) is 6.24. The van der Waals surface area contributed by atoms with E-state index < -0.39 is 0 Å². The van der Waals surface area contributed by atoms with Crippen LogP contribution in [0.4, 0.5) is 5.13 Å². The van der Waals surface area contributed by atoms with Gasteiger partial charge < -0.3 is 14.5 Å². The lowest BCUT2D eigenvalue weighted by molar-refractivity contribution is -0.133. The van der Waals surface area contributed by atoms with Gasteiger partial charge in [-0.25, -0.2) is 4.68 Å². The van der Waals surface area contributed by atoms with Gasteiger partial charge in [-0.2, -0.15) is 10.1 Å². The first-order valence-electron chi connectivity index (χ1n) is 11.7. The van der Waals surface area contributed by atoms with Crippen LogP contribution in [0.5, 0.6) is 5.75 Å². The van der Waals surface area contributed by atoms with Gasteiger partial charge in [0.25, 0.3) is 0 Å². The number of piperazine rings is 1. The first kappa shape index (κ1) is 22.4. The monoisotopic (exact) mass is 475 g/mol. The van der Waals surface area contributed by atoms with E-state index in [1.54, 1.807) is 18.4 Å². The summed E-state index contributed by atoms with van der Waals surface area (Å²) in [7, 11) is 1.66. The van der Waals surface area contributed by atoms with E-state index in [9.17, 15) is 4.79 Å². The second-order valence-electron chi connectivity index (χ2n) is 8.53. The van der Waals surface area contributed by atoms with Crippen LogP contribution in [0.1, 0.15) is 30.5 Å². The Labute approximate surface area is 203 Å². The van der Waals surface area contributed by atoms with Gasteiger partial charge in [-0.15, -0.1) is 0 Å². The van der Waals surface area contributed by atoms with Crippen molar-refractivity contribution < 1.29 is 9.53 Å². The molecule has 0 radical (unpaired) electrons. The third kappa shape index (κ3) is 4.14. The van der Waals surface area contributed by atoms with E-state index in [-0.39, 0.29) is 11.8 Å². The number of carbonyl (C=O) groups excluding carboxylic acids is 1. The van der Waals surface area contributed by atoms with E-state index in [1.165, 1.54) is 0 Å². The van der Waals surface area contributed by atoms with Crippen LogP contribution in [-0.2, 0) is 4.79 Å². The van der Waals surface area contributed by atoms with Crippen LogP contribution in [0.2, 0.25) is 0 Å². The van der Waals surface area contributed by atoms with Crippen molar-refractivity contribution in [1.29, 1.82) is 0 Å². The minimum absolute atomic E-state index is 0.0756. The van der Waals surface area contributed by atoms with Crippen molar-refractivity contribution in [2.24, 2.45) is 0 Å². The summed E-state index contributed by atoms with van der Waals surface area (Å²) in [6, 6.07) is 18.0. The minimum atomic E-state index is -0.0756. The second-order valence-corrected chi connectivity index (χ2v) is 9.51. The van der Waals surface area contributed by atoms with Crippen LogP contribution in [0, 0.1) is 6.92 Å². The van der Waals surface area contributed by atoms with Gasteiger partial charge in [-0.05, 0) is 43.2 Å². The average molecular weight is 476 g/mol. The van der Waals surface area contributed by atoms with Gasteiger partial charge in [-0.3, -0.25) is 4.79 Å². The van der Waals surface area contributed by atoms with Gasteiger partial charge >= 0.3 is 0 Å². The van der Waals surface area contributed by atoms with E-state index in [4.69, 9.17) is 14.8 Å². The fraction of sp³-hybridized carbons (Fsp3) is 0.346. The number of fused-ring (bicyclic) bond motifs is 1. The van der Waals surface area contributed by atoms with Crippen LogP contribution in [-0.4, -0.2) is 58.9 Å². The summed E-state index contributed by atoms with van der Waals surface area (Å²) in [5.74, 6) is 0.963. The summed E-state index contributed by atoms with van der Waals surface area (Å²) < 4.78 is 8.27. The second kappa shape index (κ2) is 9.46. The van der Waals surface area contributed by atoms with E-state index in [0.29, 0.717) is 13.1 Å². The molecule has 1 aliphatic heterocycles. The molecule has 2 aromatic heterocycles. The molecule has 7 nitrogen and oxygen atoms in total. The summed E-state index contributed by atoms with van der Waals surface area (Å²) in [5.41, 5.74) is 3.90. The Morgan fingerprint density at radius 3 is 2.41 bits per heavy atom. The summed E-state index contributed by atoms with van der Waals surface area (Å²) in [4.78, 5) is 22.5. The van der Waals surface area contributed by atoms with Crippen LogP contribution in [0.15, 0.2) is 54.6 Å². The fourth-order valence-corrected chi connectivity index (χ4v) is 5.58. The molecule has 1 aliphatic rings. The molecule has 3 heterocycles. The third-order valence-corrected chi connectivity index (χ3v) is 7.68. The maximum atomic E-state index is 13.2. The topological polar surface area (TPSA) is 63.5 Å². The van der Waals surface area contributed by atoms with Crippen molar-refractivity contribution in [3.63, 3.8) is 0 Å². The number of ether oxygens (including phenoxy) is 1. The van der Waals surface area contributed by atoms with Gasteiger partial charge in [0.15, 0.2) is 10.8 Å². The zero-order valence-electron chi connectivity index (χ0n) is 19.8. The number of carbonyl (C=O) groups is 1. The first-order valence-corrected chi connectivity index (χ1v) is 12.5. The number of aromatic nitrogens is 3. The van der Waals surface area contributed by atoms with Gasteiger partial charge in [0.1, 0.15) is 5.75 Å². The van der Waals surface area contributed by atoms with Crippen molar-refractivity contribution in [2.75, 3.05) is 38.2 Å². The normalized spacial score (nSPS) is 15.0. The lowest BCUT2D eigenvalue weighted by Crippen LogP contribution is -2.50. The first-order chi connectivity index (χ1) is 16.6. The van der Waals surface area contributed by atoms with E-state index in [1.807, 2.05) is 59.0 Å². The maximum Gasteiger partial charge on any atom is 0.230 e. The molecule has 0 unspecified atom stereocenters. The van der Waals surface area contributed by atoms with Crippen molar-refractivity contribution >= 4 is 32.7 Å². The highest BCUT2D eigenvalue weighted by molar-refractivity contribution is 7.22. The molecule has 0 saturated carbocycles. The molecule has 0 aliphatic carbocycles. The summed E-state index contributed by atoms with van der Waals surface area (Å²) >= 11 is 1.67. The Morgan fingerprint density at radius 1 is 1.06 bits per heavy atom.